The number of hydrogen-bond donors (Lipinski definition) is 2. The van der Waals surface area contributed by atoms with Crippen LogP contribution in [0.25, 0.3) is 0 Å². The van der Waals surface area contributed by atoms with Crippen molar-refractivity contribution in [1.82, 2.24) is 5.43 Å². The van der Waals surface area contributed by atoms with Gasteiger partial charge in [0.05, 0.1) is 6.10 Å². The first-order chi connectivity index (χ1) is 9.69. The Morgan fingerprint density at radius 3 is 3.00 bits per heavy atom. The van der Waals surface area contributed by atoms with E-state index in [4.69, 9.17) is 10.6 Å². The topological polar surface area (TPSA) is 47.3 Å². The highest BCUT2D eigenvalue weighted by molar-refractivity contribution is 9.10. The average molecular weight is 345 g/mol. The van der Waals surface area contributed by atoms with Crippen molar-refractivity contribution in [3.05, 3.63) is 34.1 Å². The number of hydrazine groups is 1. The Labute approximate surface area is 128 Å². The van der Waals surface area contributed by atoms with E-state index in [1.54, 1.807) is 12.1 Å². The van der Waals surface area contributed by atoms with Crippen LogP contribution in [-0.2, 0) is 11.2 Å². The summed E-state index contributed by atoms with van der Waals surface area (Å²) in [6.45, 7) is 0.876. The molecule has 1 heterocycles. The first-order valence-electron chi connectivity index (χ1n) is 7.20. The van der Waals surface area contributed by atoms with Crippen LogP contribution < -0.4 is 11.3 Å². The monoisotopic (exact) mass is 344 g/mol. The van der Waals surface area contributed by atoms with Crippen LogP contribution in [0.2, 0.25) is 0 Å². The largest absolute Gasteiger partial charge is 0.378 e. The van der Waals surface area contributed by atoms with E-state index in [-0.39, 0.29) is 11.9 Å². The highest BCUT2D eigenvalue weighted by Gasteiger charge is 2.17. The third-order valence-electron chi connectivity index (χ3n) is 3.82. The summed E-state index contributed by atoms with van der Waals surface area (Å²) in [5.74, 6) is 5.41. The lowest BCUT2D eigenvalue weighted by molar-refractivity contribution is 0.00858. The fourth-order valence-electron chi connectivity index (χ4n) is 2.63. The van der Waals surface area contributed by atoms with Gasteiger partial charge in [-0.05, 0) is 62.3 Å². The van der Waals surface area contributed by atoms with Crippen molar-refractivity contribution in [3.8, 4) is 0 Å². The normalized spacial score (nSPS) is 20.9. The Balaban J connectivity index is 1.86. The number of benzene rings is 1. The molecule has 3 N–H and O–H groups in total. The van der Waals surface area contributed by atoms with Gasteiger partial charge < -0.3 is 4.74 Å². The van der Waals surface area contributed by atoms with Crippen molar-refractivity contribution in [3.63, 3.8) is 0 Å². The molecule has 20 heavy (non-hydrogen) atoms. The fraction of sp³-hybridized carbons (Fsp3) is 0.600. The van der Waals surface area contributed by atoms with Crippen LogP contribution in [-0.4, -0.2) is 18.8 Å². The van der Waals surface area contributed by atoms with Crippen molar-refractivity contribution >= 4 is 15.9 Å². The van der Waals surface area contributed by atoms with Crippen LogP contribution >= 0.6 is 15.9 Å². The Morgan fingerprint density at radius 1 is 1.45 bits per heavy atom. The van der Waals surface area contributed by atoms with Gasteiger partial charge in [0.2, 0.25) is 0 Å². The Bertz CT molecular complexity index is 424. The number of ether oxygens (including phenoxy) is 1. The molecule has 2 rings (SSSR count). The molecule has 1 aliphatic heterocycles. The molecule has 5 heteroatoms. The molecule has 0 amide bonds. The number of halogens is 2. The quantitative estimate of drug-likeness (QED) is 0.614. The van der Waals surface area contributed by atoms with Gasteiger partial charge in [0.1, 0.15) is 5.82 Å². The first kappa shape index (κ1) is 15.9. The van der Waals surface area contributed by atoms with E-state index in [0.717, 1.165) is 35.9 Å². The highest BCUT2D eigenvalue weighted by Crippen LogP contribution is 2.22. The van der Waals surface area contributed by atoms with E-state index in [0.29, 0.717) is 12.5 Å². The zero-order valence-electron chi connectivity index (χ0n) is 11.6. The maximum atomic E-state index is 13.3. The molecule has 1 aromatic carbocycles. The molecule has 0 spiro atoms. The Kier molecular flexibility index (Phi) is 6.42. The second-order valence-corrected chi connectivity index (χ2v) is 6.22. The van der Waals surface area contributed by atoms with Gasteiger partial charge in [0.15, 0.2) is 0 Å². The lowest BCUT2D eigenvalue weighted by Gasteiger charge is -2.25. The molecule has 3 nitrogen and oxygen atoms in total. The van der Waals surface area contributed by atoms with E-state index < -0.39 is 0 Å². The summed E-state index contributed by atoms with van der Waals surface area (Å²) in [4.78, 5) is 0. The van der Waals surface area contributed by atoms with E-state index in [1.165, 1.54) is 18.9 Å². The van der Waals surface area contributed by atoms with Crippen molar-refractivity contribution in [2.45, 2.75) is 50.7 Å². The molecular weight excluding hydrogens is 323 g/mol. The molecule has 0 saturated carbocycles. The van der Waals surface area contributed by atoms with E-state index in [2.05, 4.69) is 21.4 Å². The van der Waals surface area contributed by atoms with E-state index in [1.807, 2.05) is 0 Å². The molecule has 1 aliphatic rings. The van der Waals surface area contributed by atoms with Crippen molar-refractivity contribution < 1.29 is 9.13 Å². The van der Waals surface area contributed by atoms with Gasteiger partial charge in [0, 0.05) is 17.1 Å². The molecule has 1 saturated heterocycles. The van der Waals surface area contributed by atoms with Crippen molar-refractivity contribution in [2.24, 2.45) is 5.84 Å². The molecular formula is C15H22BrFN2O. The summed E-state index contributed by atoms with van der Waals surface area (Å²) in [6, 6.07) is 4.89. The third-order valence-corrected chi connectivity index (χ3v) is 4.59. The summed E-state index contributed by atoms with van der Waals surface area (Å²) < 4.78 is 19.9. The molecule has 0 bridgehead atoms. The predicted octanol–water partition coefficient (Wildman–Crippen LogP) is 3.31. The minimum Gasteiger partial charge on any atom is -0.378 e. The number of nitrogens with two attached hydrogens (primary N) is 1. The third kappa shape index (κ3) is 4.81. The van der Waals surface area contributed by atoms with Crippen LogP contribution in [0.5, 0.6) is 0 Å². The zero-order valence-corrected chi connectivity index (χ0v) is 13.2. The van der Waals surface area contributed by atoms with Gasteiger partial charge in [-0.2, -0.15) is 0 Å². The van der Waals surface area contributed by atoms with Crippen LogP contribution in [0, 0.1) is 5.82 Å². The van der Waals surface area contributed by atoms with E-state index in [9.17, 15) is 4.39 Å². The number of rotatable bonds is 6. The molecule has 1 fully saturated rings. The summed E-state index contributed by atoms with van der Waals surface area (Å²) in [5.41, 5.74) is 3.78. The van der Waals surface area contributed by atoms with Crippen LogP contribution in [0.1, 0.15) is 37.7 Å². The van der Waals surface area contributed by atoms with Gasteiger partial charge in [-0.1, -0.05) is 15.9 Å². The summed E-state index contributed by atoms with van der Waals surface area (Å²) in [5, 5.41) is 0. The van der Waals surface area contributed by atoms with E-state index >= 15 is 0 Å². The zero-order chi connectivity index (χ0) is 14.4. The molecule has 0 aliphatic carbocycles. The van der Waals surface area contributed by atoms with Gasteiger partial charge in [-0.3, -0.25) is 11.3 Å². The van der Waals surface area contributed by atoms with Crippen molar-refractivity contribution in [2.75, 3.05) is 6.61 Å². The summed E-state index contributed by atoms with van der Waals surface area (Å²) in [6.07, 6.45) is 6.57. The van der Waals surface area contributed by atoms with Crippen LogP contribution in [0.3, 0.4) is 0 Å². The standard InChI is InChI=1S/C15H22BrFN2O/c16-15-7-4-12(17)9-11(15)10-13(19-18)5-6-14-3-1-2-8-20-14/h4,7,9,13-14,19H,1-3,5-6,8,10,18H2. The SMILES string of the molecule is NNC(CCC1CCCCO1)Cc1cc(F)ccc1Br. The molecule has 2 unspecified atom stereocenters. The van der Waals surface area contributed by atoms with Gasteiger partial charge in [-0.15, -0.1) is 0 Å². The second-order valence-electron chi connectivity index (χ2n) is 5.37. The number of hydrogen-bond acceptors (Lipinski definition) is 3. The average Bonchev–Trinajstić information content (AvgIpc) is 2.48. The maximum absolute atomic E-state index is 13.3. The molecule has 2 atom stereocenters. The van der Waals surface area contributed by atoms with Crippen molar-refractivity contribution in [1.29, 1.82) is 0 Å². The Hall–Kier alpha value is -0.490. The summed E-state index contributed by atoms with van der Waals surface area (Å²) >= 11 is 3.46. The fourth-order valence-corrected chi connectivity index (χ4v) is 3.04. The predicted molar refractivity (Wildman–Crippen MR) is 81.7 cm³/mol. The first-order valence-corrected chi connectivity index (χ1v) is 8.00. The second kappa shape index (κ2) is 8.08. The molecule has 0 radical (unpaired) electrons. The minimum absolute atomic E-state index is 0.138. The number of nitrogens with one attached hydrogen (secondary N) is 1. The van der Waals surface area contributed by atoms with Gasteiger partial charge in [0.25, 0.3) is 0 Å². The van der Waals surface area contributed by atoms with Crippen LogP contribution in [0.15, 0.2) is 22.7 Å². The van der Waals surface area contributed by atoms with Gasteiger partial charge >= 0.3 is 0 Å². The molecule has 0 aromatic heterocycles. The Morgan fingerprint density at radius 2 is 2.30 bits per heavy atom. The maximum Gasteiger partial charge on any atom is 0.123 e. The summed E-state index contributed by atoms with van der Waals surface area (Å²) in [7, 11) is 0. The highest BCUT2D eigenvalue weighted by atomic mass is 79.9. The lowest BCUT2D eigenvalue weighted by atomic mass is 9.98. The van der Waals surface area contributed by atoms with Gasteiger partial charge in [-0.25, -0.2) is 4.39 Å². The van der Waals surface area contributed by atoms with Crippen LogP contribution in [0.4, 0.5) is 4.39 Å². The molecule has 1 aromatic rings. The smallest absolute Gasteiger partial charge is 0.123 e. The minimum atomic E-state index is -0.213. The lowest BCUT2D eigenvalue weighted by Crippen LogP contribution is -2.37. The molecule has 112 valence electrons.